The van der Waals surface area contributed by atoms with Gasteiger partial charge in [0.05, 0.1) is 29.8 Å². The third kappa shape index (κ3) is 4.30. The largest absolute Gasteiger partial charge is 0.497 e. The summed E-state index contributed by atoms with van der Waals surface area (Å²) in [5.41, 5.74) is 1.31. The maximum Gasteiger partial charge on any atom is 0.252 e. The highest BCUT2D eigenvalue weighted by atomic mass is 35.5. The molecule has 0 aliphatic rings. The summed E-state index contributed by atoms with van der Waals surface area (Å²) in [6.45, 7) is 0.436. The van der Waals surface area contributed by atoms with E-state index in [-0.39, 0.29) is 10.9 Å². The summed E-state index contributed by atoms with van der Waals surface area (Å²) < 4.78 is 10.5. The van der Waals surface area contributed by atoms with Gasteiger partial charge in [0, 0.05) is 6.54 Å². The van der Waals surface area contributed by atoms with E-state index in [2.05, 4.69) is 5.32 Å². The SMILES string of the molecule is COc1ccc(OC)c(CCNC(=O)c2cccc(Cl)c2Cl)c1. The lowest BCUT2D eigenvalue weighted by atomic mass is 10.1. The first-order chi connectivity index (χ1) is 11.1. The van der Waals surface area contributed by atoms with Crippen LogP contribution in [0.15, 0.2) is 36.4 Å². The maximum atomic E-state index is 12.2. The first-order valence-corrected chi connectivity index (χ1v) is 7.75. The summed E-state index contributed by atoms with van der Waals surface area (Å²) in [5, 5.41) is 3.44. The Hall–Kier alpha value is -1.91. The van der Waals surface area contributed by atoms with Gasteiger partial charge in [0.1, 0.15) is 11.5 Å². The van der Waals surface area contributed by atoms with Gasteiger partial charge in [-0.15, -0.1) is 0 Å². The van der Waals surface area contributed by atoms with E-state index in [0.717, 1.165) is 17.1 Å². The van der Waals surface area contributed by atoms with Crippen molar-refractivity contribution < 1.29 is 14.3 Å². The number of nitrogens with one attached hydrogen (secondary N) is 1. The number of benzene rings is 2. The number of amides is 1. The van der Waals surface area contributed by atoms with E-state index >= 15 is 0 Å². The van der Waals surface area contributed by atoms with Gasteiger partial charge in [0.25, 0.3) is 5.91 Å². The quantitative estimate of drug-likeness (QED) is 0.854. The average Bonchev–Trinajstić information content (AvgIpc) is 2.57. The Morgan fingerprint density at radius 1 is 1.13 bits per heavy atom. The van der Waals surface area contributed by atoms with Gasteiger partial charge < -0.3 is 14.8 Å². The van der Waals surface area contributed by atoms with Crippen molar-refractivity contribution in [1.29, 1.82) is 0 Å². The molecule has 0 heterocycles. The molecule has 23 heavy (non-hydrogen) atoms. The van der Waals surface area contributed by atoms with Crippen LogP contribution in [0.1, 0.15) is 15.9 Å². The Morgan fingerprint density at radius 3 is 2.61 bits per heavy atom. The van der Waals surface area contributed by atoms with Crippen LogP contribution in [0, 0.1) is 0 Å². The van der Waals surface area contributed by atoms with Crippen LogP contribution in [-0.4, -0.2) is 26.7 Å². The lowest BCUT2D eigenvalue weighted by Crippen LogP contribution is -2.26. The lowest BCUT2D eigenvalue weighted by Gasteiger charge is -2.11. The second kappa shape index (κ2) is 8.09. The lowest BCUT2D eigenvalue weighted by molar-refractivity contribution is 0.0954. The number of ether oxygens (including phenoxy) is 2. The number of methoxy groups -OCH3 is 2. The molecule has 0 saturated carbocycles. The van der Waals surface area contributed by atoms with E-state index in [1.54, 1.807) is 32.4 Å². The second-order valence-electron chi connectivity index (χ2n) is 4.79. The highest BCUT2D eigenvalue weighted by Crippen LogP contribution is 2.26. The molecule has 0 atom stereocenters. The van der Waals surface area contributed by atoms with Crippen molar-refractivity contribution >= 4 is 29.1 Å². The van der Waals surface area contributed by atoms with Crippen LogP contribution in [0.2, 0.25) is 10.0 Å². The molecule has 0 bridgehead atoms. The van der Waals surface area contributed by atoms with Gasteiger partial charge in [-0.05, 0) is 42.3 Å². The Kier molecular flexibility index (Phi) is 6.13. The van der Waals surface area contributed by atoms with Gasteiger partial charge in [0.15, 0.2) is 0 Å². The highest BCUT2D eigenvalue weighted by molar-refractivity contribution is 6.43. The fourth-order valence-electron chi connectivity index (χ4n) is 2.16. The smallest absolute Gasteiger partial charge is 0.252 e. The van der Waals surface area contributed by atoms with Crippen LogP contribution in [0.3, 0.4) is 0 Å². The number of rotatable bonds is 6. The molecular weight excluding hydrogens is 337 g/mol. The van der Waals surface area contributed by atoms with Crippen molar-refractivity contribution in [3.63, 3.8) is 0 Å². The number of halogens is 2. The maximum absolute atomic E-state index is 12.2. The number of carbonyl (C=O) groups excluding carboxylic acids is 1. The summed E-state index contributed by atoms with van der Waals surface area (Å²) in [7, 11) is 3.21. The van der Waals surface area contributed by atoms with E-state index in [9.17, 15) is 4.79 Å². The summed E-state index contributed by atoms with van der Waals surface area (Å²) >= 11 is 12.0. The molecule has 0 saturated heterocycles. The first kappa shape index (κ1) is 17.4. The number of hydrogen-bond acceptors (Lipinski definition) is 3. The Bertz CT molecular complexity index is 704. The van der Waals surface area contributed by atoms with Gasteiger partial charge in [-0.1, -0.05) is 29.3 Å². The summed E-state index contributed by atoms with van der Waals surface area (Å²) in [4.78, 5) is 12.2. The molecule has 4 nitrogen and oxygen atoms in total. The molecule has 1 amide bonds. The monoisotopic (exact) mass is 353 g/mol. The van der Waals surface area contributed by atoms with Crippen molar-refractivity contribution in [1.82, 2.24) is 5.32 Å². The molecule has 6 heteroatoms. The summed E-state index contributed by atoms with van der Waals surface area (Å²) in [6, 6.07) is 10.5. The molecule has 2 aromatic carbocycles. The van der Waals surface area contributed by atoms with E-state index < -0.39 is 0 Å². The predicted molar refractivity (Wildman–Crippen MR) is 92.0 cm³/mol. The predicted octanol–water partition coefficient (Wildman–Crippen LogP) is 3.98. The molecule has 0 aromatic heterocycles. The normalized spacial score (nSPS) is 10.3. The van der Waals surface area contributed by atoms with Crippen molar-refractivity contribution in [2.45, 2.75) is 6.42 Å². The van der Waals surface area contributed by atoms with Crippen LogP contribution in [-0.2, 0) is 6.42 Å². The minimum Gasteiger partial charge on any atom is -0.497 e. The van der Waals surface area contributed by atoms with Crippen molar-refractivity contribution in [2.24, 2.45) is 0 Å². The van der Waals surface area contributed by atoms with Crippen LogP contribution in [0.5, 0.6) is 11.5 Å². The van der Waals surface area contributed by atoms with Gasteiger partial charge in [-0.25, -0.2) is 0 Å². The topological polar surface area (TPSA) is 47.6 Å². The minimum atomic E-state index is -0.264. The van der Waals surface area contributed by atoms with Crippen LogP contribution < -0.4 is 14.8 Å². The van der Waals surface area contributed by atoms with E-state index in [0.29, 0.717) is 23.6 Å². The fourth-order valence-corrected chi connectivity index (χ4v) is 2.55. The van der Waals surface area contributed by atoms with Gasteiger partial charge in [0.2, 0.25) is 0 Å². The first-order valence-electron chi connectivity index (χ1n) is 7.00. The van der Waals surface area contributed by atoms with Crippen molar-refractivity contribution in [2.75, 3.05) is 20.8 Å². The van der Waals surface area contributed by atoms with Crippen LogP contribution in [0.4, 0.5) is 0 Å². The van der Waals surface area contributed by atoms with Crippen LogP contribution in [0.25, 0.3) is 0 Å². The molecule has 0 radical (unpaired) electrons. The van der Waals surface area contributed by atoms with E-state index in [1.165, 1.54) is 0 Å². The summed E-state index contributed by atoms with van der Waals surface area (Å²) in [6.07, 6.45) is 0.601. The number of hydrogen-bond donors (Lipinski definition) is 1. The zero-order chi connectivity index (χ0) is 16.8. The third-order valence-electron chi connectivity index (χ3n) is 3.36. The molecular formula is C17H17Cl2NO3. The molecule has 2 aromatic rings. The molecule has 0 spiro atoms. The molecule has 0 fully saturated rings. The third-order valence-corrected chi connectivity index (χ3v) is 4.18. The van der Waals surface area contributed by atoms with Crippen LogP contribution >= 0.6 is 23.2 Å². The summed E-state index contributed by atoms with van der Waals surface area (Å²) in [5.74, 6) is 1.23. The molecule has 0 aliphatic heterocycles. The standard InChI is InChI=1S/C17H17Cl2NO3/c1-22-12-6-7-15(23-2)11(10-12)8-9-20-17(21)13-4-3-5-14(18)16(13)19/h3-7,10H,8-9H2,1-2H3,(H,20,21). The molecule has 0 unspecified atom stereocenters. The Balaban J connectivity index is 2.02. The molecule has 0 aliphatic carbocycles. The molecule has 122 valence electrons. The molecule has 1 N–H and O–H groups in total. The number of carbonyl (C=O) groups is 1. The minimum absolute atomic E-state index is 0.255. The van der Waals surface area contributed by atoms with Gasteiger partial charge in [-0.2, -0.15) is 0 Å². The fraction of sp³-hybridized carbons (Fsp3) is 0.235. The van der Waals surface area contributed by atoms with Gasteiger partial charge in [-0.3, -0.25) is 4.79 Å². The van der Waals surface area contributed by atoms with Gasteiger partial charge >= 0.3 is 0 Å². The van der Waals surface area contributed by atoms with E-state index in [4.69, 9.17) is 32.7 Å². The molecule has 2 rings (SSSR count). The Morgan fingerprint density at radius 2 is 1.91 bits per heavy atom. The highest BCUT2D eigenvalue weighted by Gasteiger charge is 2.12. The average molecular weight is 354 g/mol. The zero-order valence-corrected chi connectivity index (χ0v) is 14.4. The second-order valence-corrected chi connectivity index (χ2v) is 5.57. The van der Waals surface area contributed by atoms with E-state index in [1.807, 2.05) is 18.2 Å². The zero-order valence-electron chi connectivity index (χ0n) is 12.9. The van der Waals surface area contributed by atoms with Crippen molar-refractivity contribution in [3.05, 3.63) is 57.6 Å². The van der Waals surface area contributed by atoms with Crippen molar-refractivity contribution in [3.8, 4) is 11.5 Å². The Labute approximate surface area is 145 Å².